The minimum atomic E-state index is 0.378. The maximum atomic E-state index is 6.21. The van der Waals surface area contributed by atoms with Crippen LogP contribution in [0.1, 0.15) is 11.1 Å². The summed E-state index contributed by atoms with van der Waals surface area (Å²) in [6.45, 7) is 1.00. The number of rotatable bonds is 7. The van der Waals surface area contributed by atoms with Gasteiger partial charge in [0.05, 0.1) is 21.4 Å². The Kier molecular flexibility index (Phi) is 7.10. The second-order valence-electron chi connectivity index (χ2n) is 5.82. The normalized spacial score (nSPS) is 10.5. The zero-order valence-electron chi connectivity index (χ0n) is 14.6. The molecule has 3 nitrogen and oxygen atoms in total. The highest BCUT2D eigenvalue weighted by atomic mass is 127. The van der Waals surface area contributed by atoms with E-state index in [-0.39, 0.29) is 0 Å². The molecule has 0 saturated heterocycles. The number of anilines is 1. The maximum Gasteiger partial charge on any atom is 0.174 e. The lowest BCUT2D eigenvalue weighted by molar-refractivity contribution is 0.282. The molecule has 0 heterocycles. The molecule has 0 aromatic heterocycles. The van der Waals surface area contributed by atoms with E-state index < -0.39 is 0 Å². The highest BCUT2D eigenvalue weighted by molar-refractivity contribution is 14.1. The molecule has 3 rings (SSSR count). The summed E-state index contributed by atoms with van der Waals surface area (Å²) in [5.41, 5.74) is 2.90. The largest absolute Gasteiger partial charge is 0.493 e. The number of ether oxygens (including phenoxy) is 2. The van der Waals surface area contributed by atoms with Crippen LogP contribution < -0.4 is 14.8 Å². The second-order valence-corrected chi connectivity index (χ2v) is 7.80. The summed E-state index contributed by atoms with van der Waals surface area (Å²) in [4.78, 5) is 0. The van der Waals surface area contributed by atoms with Gasteiger partial charge in [-0.25, -0.2) is 0 Å². The van der Waals surface area contributed by atoms with Gasteiger partial charge in [-0.05, 0) is 58.5 Å². The number of benzene rings is 3. The van der Waals surface area contributed by atoms with Crippen LogP contribution in [0, 0.1) is 3.57 Å². The van der Waals surface area contributed by atoms with Crippen molar-refractivity contribution in [3.63, 3.8) is 0 Å². The van der Waals surface area contributed by atoms with Crippen molar-refractivity contribution < 1.29 is 9.47 Å². The molecule has 0 fully saturated rings. The van der Waals surface area contributed by atoms with Gasteiger partial charge in [0.2, 0.25) is 0 Å². The van der Waals surface area contributed by atoms with Gasteiger partial charge in [0.1, 0.15) is 6.61 Å². The molecular weight excluding hydrogens is 496 g/mol. The van der Waals surface area contributed by atoms with E-state index in [9.17, 15) is 0 Å². The first-order valence-electron chi connectivity index (χ1n) is 8.29. The maximum absolute atomic E-state index is 6.21. The summed E-state index contributed by atoms with van der Waals surface area (Å²) in [5.74, 6) is 1.39. The Morgan fingerprint density at radius 2 is 1.67 bits per heavy atom. The lowest BCUT2D eigenvalue weighted by atomic mass is 10.2. The third-order valence-electron chi connectivity index (χ3n) is 3.98. The first-order valence-corrected chi connectivity index (χ1v) is 10.1. The first-order chi connectivity index (χ1) is 13.1. The van der Waals surface area contributed by atoms with Crippen LogP contribution in [-0.2, 0) is 13.2 Å². The van der Waals surface area contributed by atoms with Crippen molar-refractivity contribution in [3.05, 3.63) is 85.4 Å². The van der Waals surface area contributed by atoms with Gasteiger partial charge in [-0.2, -0.15) is 0 Å². The SMILES string of the molecule is COc1cc(CNc2ccccc2Cl)cc(I)c1OCc1ccccc1Cl. The van der Waals surface area contributed by atoms with Crippen LogP contribution in [0.5, 0.6) is 11.5 Å². The van der Waals surface area contributed by atoms with E-state index >= 15 is 0 Å². The molecule has 27 heavy (non-hydrogen) atoms. The number of methoxy groups -OCH3 is 1. The van der Waals surface area contributed by atoms with Crippen molar-refractivity contribution in [1.29, 1.82) is 0 Å². The Morgan fingerprint density at radius 3 is 2.37 bits per heavy atom. The van der Waals surface area contributed by atoms with E-state index in [1.54, 1.807) is 7.11 Å². The van der Waals surface area contributed by atoms with E-state index in [2.05, 4.69) is 34.0 Å². The molecule has 0 radical (unpaired) electrons. The number of halogens is 3. The Balaban J connectivity index is 1.75. The molecule has 0 amide bonds. The zero-order valence-corrected chi connectivity index (χ0v) is 18.3. The van der Waals surface area contributed by atoms with Crippen molar-refractivity contribution in [2.45, 2.75) is 13.2 Å². The van der Waals surface area contributed by atoms with Gasteiger partial charge < -0.3 is 14.8 Å². The highest BCUT2D eigenvalue weighted by Gasteiger charge is 2.13. The van der Waals surface area contributed by atoms with Crippen LogP contribution in [0.4, 0.5) is 5.69 Å². The fourth-order valence-corrected chi connectivity index (χ4v) is 3.80. The number of hydrogen-bond donors (Lipinski definition) is 1. The van der Waals surface area contributed by atoms with Crippen LogP contribution in [-0.4, -0.2) is 7.11 Å². The average Bonchev–Trinajstić information content (AvgIpc) is 2.67. The fraction of sp³-hybridized carbons (Fsp3) is 0.143. The van der Waals surface area contributed by atoms with Gasteiger partial charge in [-0.1, -0.05) is 53.5 Å². The first kappa shape index (κ1) is 20.1. The quantitative estimate of drug-likeness (QED) is 0.352. The molecule has 3 aromatic carbocycles. The third-order valence-corrected chi connectivity index (χ3v) is 5.48. The number of nitrogens with one attached hydrogen (secondary N) is 1. The number of hydrogen-bond acceptors (Lipinski definition) is 3. The van der Waals surface area contributed by atoms with Crippen molar-refractivity contribution in [2.75, 3.05) is 12.4 Å². The summed E-state index contributed by atoms with van der Waals surface area (Å²) in [7, 11) is 1.64. The van der Waals surface area contributed by atoms with Crippen molar-refractivity contribution in [2.24, 2.45) is 0 Å². The molecule has 0 aliphatic rings. The van der Waals surface area contributed by atoms with Crippen molar-refractivity contribution in [1.82, 2.24) is 0 Å². The molecule has 0 bridgehead atoms. The minimum Gasteiger partial charge on any atom is -0.493 e. The fourth-order valence-electron chi connectivity index (χ4n) is 2.58. The van der Waals surface area contributed by atoms with E-state index in [0.29, 0.717) is 34.7 Å². The summed E-state index contributed by atoms with van der Waals surface area (Å²) in [6, 6.07) is 19.3. The molecule has 0 saturated carbocycles. The van der Waals surface area contributed by atoms with Crippen LogP contribution in [0.15, 0.2) is 60.7 Å². The number of para-hydroxylation sites is 1. The molecule has 6 heteroatoms. The van der Waals surface area contributed by atoms with Crippen LogP contribution >= 0.6 is 45.8 Å². The van der Waals surface area contributed by atoms with Crippen molar-refractivity contribution in [3.8, 4) is 11.5 Å². The molecule has 0 unspecified atom stereocenters. The average molecular weight is 514 g/mol. The van der Waals surface area contributed by atoms with E-state index in [1.807, 2.05) is 54.6 Å². The highest BCUT2D eigenvalue weighted by Crippen LogP contribution is 2.35. The molecule has 0 atom stereocenters. The topological polar surface area (TPSA) is 30.5 Å². The summed E-state index contributed by atoms with van der Waals surface area (Å²) in [6.07, 6.45) is 0. The van der Waals surface area contributed by atoms with Gasteiger partial charge in [-0.15, -0.1) is 0 Å². The molecule has 3 aromatic rings. The summed E-state index contributed by atoms with van der Waals surface area (Å²) < 4.78 is 12.5. The molecule has 140 valence electrons. The second kappa shape index (κ2) is 9.53. The van der Waals surface area contributed by atoms with Crippen molar-refractivity contribution >= 4 is 51.5 Å². The van der Waals surface area contributed by atoms with E-state index in [4.69, 9.17) is 32.7 Å². The lowest BCUT2D eigenvalue weighted by Crippen LogP contribution is -2.04. The van der Waals surface area contributed by atoms with Gasteiger partial charge in [-0.3, -0.25) is 0 Å². The predicted molar refractivity (Wildman–Crippen MR) is 120 cm³/mol. The lowest BCUT2D eigenvalue weighted by Gasteiger charge is -2.16. The van der Waals surface area contributed by atoms with Crippen LogP contribution in [0.25, 0.3) is 0 Å². The monoisotopic (exact) mass is 513 g/mol. The molecule has 1 N–H and O–H groups in total. The third kappa shape index (κ3) is 5.21. The minimum absolute atomic E-state index is 0.378. The Morgan fingerprint density at radius 1 is 0.963 bits per heavy atom. The van der Waals surface area contributed by atoms with Gasteiger partial charge in [0.25, 0.3) is 0 Å². The molecular formula is C21H18Cl2INO2. The summed E-state index contributed by atoms with van der Waals surface area (Å²) >= 11 is 14.7. The Labute approximate surface area is 182 Å². The molecule has 0 aliphatic heterocycles. The molecule has 0 aliphatic carbocycles. The van der Waals surface area contributed by atoms with Gasteiger partial charge in [0.15, 0.2) is 11.5 Å². The smallest absolute Gasteiger partial charge is 0.174 e. The summed E-state index contributed by atoms with van der Waals surface area (Å²) in [5, 5.41) is 4.72. The standard InChI is InChI=1S/C21H18Cl2INO2/c1-26-20-11-14(12-25-19-9-5-4-8-17(19)23)10-18(24)21(20)27-13-15-6-2-3-7-16(15)22/h2-11,25H,12-13H2,1H3. The van der Waals surface area contributed by atoms with Crippen LogP contribution in [0.2, 0.25) is 10.0 Å². The zero-order chi connectivity index (χ0) is 19.2. The predicted octanol–water partition coefficient (Wildman–Crippen LogP) is 6.80. The molecule has 0 spiro atoms. The Hall–Kier alpha value is -1.63. The van der Waals surface area contributed by atoms with Gasteiger partial charge in [0, 0.05) is 17.1 Å². The van der Waals surface area contributed by atoms with Crippen LogP contribution in [0.3, 0.4) is 0 Å². The van der Waals surface area contributed by atoms with E-state index in [1.165, 1.54) is 0 Å². The van der Waals surface area contributed by atoms with Gasteiger partial charge >= 0.3 is 0 Å². The van der Waals surface area contributed by atoms with E-state index in [0.717, 1.165) is 20.4 Å². The Bertz CT molecular complexity index is 934.